The minimum atomic E-state index is -0.101. The molecule has 4 nitrogen and oxygen atoms in total. The monoisotopic (exact) mass is 300 g/mol. The van der Waals surface area contributed by atoms with Crippen LogP contribution in [0.5, 0.6) is 0 Å². The smallest absolute Gasteiger partial charge is 0.308 e. The van der Waals surface area contributed by atoms with E-state index in [1.54, 1.807) is 0 Å². The minimum Gasteiger partial charge on any atom is -0.469 e. The summed E-state index contributed by atoms with van der Waals surface area (Å²) in [6.07, 6.45) is 12.1. The van der Waals surface area contributed by atoms with Crippen LogP contribution in [-0.4, -0.2) is 26.2 Å². The van der Waals surface area contributed by atoms with Gasteiger partial charge in [-0.25, -0.2) is 0 Å². The fourth-order valence-corrected chi connectivity index (χ4v) is 2.38. The third kappa shape index (κ3) is 12.4. The van der Waals surface area contributed by atoms with Crippen LogP contribution >= 0.6 is 0 Å². The van der Waals surface area contributed by atoms with Gasteiger partial charge in [0.15, 0.2) is 0 Å². The van der Waals surface area contributed by atoms with E-state index in [0.29, 0.717) is 6.42 Å². The van der Waals surface area contributed by atoms with Crippen molar-refractivity contribution >= 4 is 11.9 Å². The molecule has 0 aromatic rings. The highest BCUT2D eigenvalue weighted by Crippen LogP contribution is 2.14. The molecule has 0 aromatic carbocycles. The van der Waals surface area contributed by atoms with Gasteiger partial charge in [-0.2, -0.15) is 0 Å². The average molecular weight is 300 g/mol. The first-order valence-electron chi connectivity index (χ1n) is 8.26. The van der Waals surface area contributed by atoms with E-state index in [1.165, 1.54) is 52.7 Å². The van der Waals surface area contributed by atoms with Crippen molar-refractivity contribution in [3.63, 3.8) is 0 Å². The lowest BCUT2D eigenvalue weighted by atomic mass is 10.0. The van der Waals surface area contributed by atoms with Crippen LogP contribution in [-0.2, 0) is 19.1 Å². The number of carbonyl (C=O) groups excluding carboxylic acids is 2. The Hall–Kier alpha value is -1.06. The van der Waals surface area contributed by atoms with Gasteiger partial charge in [0.25, 0.3) is 0 Å². The zero-order chi connectivity index (χ0) is 15.9. The van der Waals surface area contributed by atoms with Crippen LogP contribution in [0, 0.1) is 5.92 Å². The molecule has 0 radical (unpaired) electrons. The van der Waals surface area contributed by atoms with Gasteiger partial charge in [-0.15, -0.1) is 0 Å². The van der Waals surface area contributed by atoms with E-state index < -0.39 is 0 Å². The Morgan fingerprint density at radius 1 is 0.762 bits per heavy atom. The van der Waals surface area contributed by atoms with E-state index in [9.17, 15) is 9.59 Å². The molecular weight excluding hydrogens is 268 g/mol. The van der Waals surface area contributed by atoms with E-state index >= 15 is 0 Å². The van der Waals surface area contributed by atoms with E-state index in [1.807, 2.05) is 6.92 Å². The SMILES string of the molecule is COC(=O)CCCCCCCCCCCC(C)C(=O)OC. The molecule has 0 amide bonds. The molecule has 1 unspecified atom stereocenters. The van der Waals surface area contributed by atoms with E-state index in [4.69, 9.17) is 4.74 Å². The summed E-state index contributed by atoms with van der Waals surface area (Å²) in [4.78, 5) is 22.1. The third-order valence-corrected chi connectivity index (χ3v) is 3.85. The first-order valence-corrected chi connectivity index (χ1v) is 8.26. The molecule has 0 aliphatic carbocycles. The topological polar surface area (TPSA) is 52.6 Å². The molecule has 0 rings (SSSR count). The highest BCUT2D eigenvalue weighted by molar-refractivity contribution is 5.71. The molecule has 0 bridgehead atoms. The number of rotatable bonds is 13. The maximum atomic E-state index is 11.2. The molecule has 0 aromatic heterocycles. The summed E-state index contributed by atoms with van der Waals surface area (Å²) in [5, 5.41) is 0. The van der Waals surface area contributed by atoms with Crippen molar-refractivity contribution < 1.29 is 19.1 Å². The standard InChI is InChI=1S/C17H32O4/c1-15(17(19)21-3)13-11-9-7-5-4-6-8-10-12-14-16(18)20-2/h15H,4-14H2,1-3H3. The number of hydrogen-bond donors (Lipinski definition) is 0. The summed E-state index contributed by atoms with van der Waals surface area (Å²) in [5.74, 6) is -0.164. The first-order chi connectivity index (χ1) is 10.1. The van der Waals surface area contributed by atoms with Gasteiger partial charge >= 0.3 is 11.9 Å². The summed E-state index contributed by atoms with van der Waals surface area (Å²) < 4.78 is 9.31. The Bertz CT molecular complexity index is 276. The second-order valence-electron chi connectivity index (χ2n) is 5.72. The summed E-state index contributed by atoms with van der Waals surface area (Å²) in [5.41, 5.74) is 0. The molecule has 1 atom stereocenters. The van der Waals surface area contributed by atoms with E-state index in [-0.39, 0.29) is 17.9 Å². The Morgan fingerprint density at radius 2 is 1.24 bits per heavy atom. The zero-order valence-electron chi connectivity index (χ0n) is 14.0. The first kappa shape index (κ1) is 19.9. The number of ether oxygens (including phenoxy) is 2. The van der Waals surface area contributed by atoms with Crippen molar-refractivity contribution in [1.29, 1.82) is 0 Å². The molecule has 21 heavy (non-hydrogen) atoms. The predicted molar refractivity (Wildman–Crippen MR) is 84.0 cm³/mol. The minimum absolute atomic E-state index is 0.0322. The largest absolute Gasteiger partial charge is 0.469 e. The molecule has 0 N–H and O–H groups in total. The van der Waals surface area contributed by atoms with Crippen LogP contribution in [0.2, 0.25) is 0 Å². The molecule has 0 saturated carbocycles. The summed E-state index contributed by atoms with van der Waals surface area (Å²) in [6, 6.07) is 0. The Labute approximate surface area is 129 Å². The second kappa shape index (κ2) is 13.9. The van der Waals surface area contributed by atoms with Crippen LogP contribution in [0.4, 0.5) is 0 Å². The van der Waals surface area contributed by atoms with Crippen molar-refractivity contribution in [2.75, 3.05) is 14.2 Å². The predicted octanol–water partition coefficient (Wildman–Crippen LogP) is 4.26. The lowest BCUT2D eigenvalue weighted by Gasteiger charge is -2.08. The van der Waals surface area contributed by atoms with Gasteiger partial charge in [0.1, 0.15) is 0 Å². The highest BCUT2D eigenvalue weighted by atomic mass is 16.5. The van der Waals surface area contributed by atoms with Crippen molar-refractivity contribution in [2.24, 2.45) is 5.92 Å². The van der Waals surface area contributed by atoms with E-state index in [2.05, 4.69) is 4.74 Å². The van der Waals surface area contributed by atoms with Crippen LogP contribution in [0.1, 0.15) is 77.6 Å². The van der Waals surface area contributed by atoms with Crippen LogP contribution in [0.3, 0.4) is 0 Å². The van der Waals surface area contributed by atoms with Crippen molar-refractivity contribution in [3.05, 3.63) is 0 Å². The van der Waals surface area contributed by atoms with Gasteiger partial charge in [-0.3, -0.25) is 9.59 Å². The maximum Gasteiger partial charge on any atom is 0.308 e. The van der Waals surface area contributed by atoms with Crippen molar-refractivity contribution in [1.82, 2.24) is 0 Å². The molecule has 124 valence electrons. The molecular formula is C17H32O4. The quantitative estimate of drug-likeness (QED) is 0.377. The number of esters is 2. The normalized spacial score (nSPS) is 12.0. The summed E-state index contributed by atoms with van der Waals surface area (Å²) >= 11 is 0. The zero-order valence-corrected chi connectivity index (χ0v) is 14.0. The van der Waals surface area contributed by atoms with Gasteiger partial charge in [0.05, 0.1) is 20.1 Å². The second-order valence-corrected chi connectivity index (χ2v) is 5.72. The molecule has 0 saturated heterocycles. The van der Waals surface area contributed by atoms with Crippen molar-refractivity contribution in [3.8, 4) is 0 Å². The van der Waals surface area contributed by atoms with Crippen LogP contribution in [0.25, 0.3) is 0 Å². The average Bonchev–Trinajstić information content (AvgIpc) is 2.50. The molecule has 0 aliphatic heterocycles. The third-order valence-electron chi connectivity index (χ3n) is 3.85. The number of carbonyl (C=O) groups is 2. The van der Waals surface area contributed by atoms with E-state index in [0.717, 1.165) is 25.7 Å². The fraction of sp³-hybridized carbons (Fsp3) is 0.882. The number of methoxy groups -OCH3 is 2. The van der Waals surface area contributed by atoms with Crippen LogP contribution in [0.15, 0.2) is 0 Å². The number of unbranched alkanes of at least 4 members (excludes halogenated alkanes) is 8. The fourth-order valence-electron chi connectivity index (χ4n) is 2.38. The maximum absolute atomic E-state index is 11.2. The van der Waals surface area contributed by atoms with Gasteiger partial charge in [0, 0.05) is 6.42 Å². The Balaban J connectivity index is 3.19. The van der Waals surface area contributed by atoms with Gasteiger partial charge < -0.3 is 9.47 Å². The summed E-state index contributed by atoms with van der Waals surface area (Å²) in [6.45, 7) is 1.93. The Kier molecular flexibility index (Phi) is 13.2. The van der Waals surface area contributed by atoms with Gasteiger partial charge in [0.2, 0.25) is 0 Å². The highest BCUT2D eigenvalue weighted by Gasteiger charge is 2.11. The van der Waals surface area contributed by atoms with Gasteiger partial charge in [-0.05, 0) is 12.8 Å². The van der Waals surface area contributed by atoms with Gasteiger partial charge in [-0.1, -0.05) is 58.3 Å². The molecule has 4 heteroatoms. The van der Waals surface area contributed by atoms with Crippen LogP contribution < -0.4 is 0 Å². The number of hydrogen-bond acceptors (Lipinski definition) is 4. The molecule has 0 aliphatic rings. The molecule has 0 fully saturated rings. The lowest BCUT2D eigenvalue weighted by Crippen LogP contribution is -2.12. The lowest BCUT2D eigenvalue weighted by molar-refractivity contribution is -0.145. The Morgan fingerprint density at radius 3 is 1.71 bits per heavy atom. The molecule has 0 heterocycles. The molecule has 0 spiro atoms. The van der Waals surface area contributed by atoms with Crippen molar-refractivity contribution in [2.45, 2.75) is 77.6 Å². The summed E-state index contributed by atoms with van der Waals surface area (Å²) in [7, 11) is 2.89.